The van der Waals surface area contributed by atoms with Crippen LogP contribution in [-0.2, 0) is 0 Å². The van der Waals surface area contributed by atoms with Gasteiger partial charge in [-0.3, -0.25) is 4.79 Å². The monoisotopic (exact) mass is 277 g/mol. The molecule has 1 amide bonds. The second-order valence-corrected chi connectivity index (χ2v) is 3.93. The van der Waals surface area contributed by atoms with E-state index in [1.807, 2.05) is 0 Å². The number of benzene rings is 2. The molecule has 20 heavy (non-hydrogen) atoms. The number of amides is 1. The zero-order valence-electron chi connectivity index (χ0n) is 10.1. The number of hydrogen-bond donors (Lipinski definition) is 2. The molecule has 0 aliphatic rings. The fourth-order valence-corrected chi connectivity index (χ4v) is 1.61. The van der Waals surface area contributed by atoms with Crippen LogP contribution < -0.4 is 5.32 Å². The Kier molecular flexibility index (Phi) is 3.74. The summed E-state index contributed by atoms with van der Waals surface area (Å²) in [6.45, 7) is 0. The number of hydrogen-bond acceptors (Lipinski definition) is 2. The van der Waals surface area contributed by atoms with Gasteiger partial charge < -0.3 is 10.4 Å². The molecule has 0 aliphatic heterocycles. The van der Waals surface area contributed by atoms with Gasteiger partial charge in [-0.2, -0.15) is 0 Å². The highest BCUT2D eigenvalue weighted by Crippen LogP contribution is 2.17. The van der Waals surface area contributed by atoms with Crippen molar-refractivity contribution in [2.24, 2.45) is 0 Å². The zero-order valence-corrected chi connectivity index (χ0v) is 10.1. The largest absolute Gasteiger partial charge is 0.478 e. The lowest BCUT2D eigenvalue weighted by Gasteiger charge is -2.08. The first-order valence-electron chi connectivity index (χ1n) is 5.58. The van der Waals surface area contributed by atoms with E-state index in [0.717, 1.165) is 18.2 Å². The molecule has 0 saturated carbocycles. The molecule has 0 heterocycles. The number of para-hydroxylation sites is 1. The lowest BCUT2D eigenvalue weighted by molar-refractivity contribution is 0.0698. The van der Waals surface area contributed by atoms with E-state index >= 15 is 0 Å². The highest BCUT2D eigenvalue weighted by atomic mass is 19.2. The number of carboxylic acid groups (broad SMARTS) is 1. The molecule has 0 spiro atoms. The molecule has 0 unspecified atom stereocenters. The van der Waals surface area contributed by atoms with Gasteiger partial charge in [0.05, 0.1) is 11.3 Å². The molecule has 0 aliphatic carbocycles. The van der Waals surface area contributed by atoms with E-state index < -0.39 is 23.5 Å². The number of halogens is 2. The van der Waals surface area contributed by atoms with E-state index in [9.17, 15) is 18.4 Å². The smallest absolute Gasteiger partial charge is 0.337 e. The van der Waals surface area contributed by atoms with Crippen molar-refractivity contribution >= 4 is 17.6 Å². The van der Waals surface area contributed by atoms with Crippen molar-refractivity contribution in [2.75, 3.05) is 5.32 Å². The number of rotatable bonds is 3. The van der Waals surface area contributed by atoms with E-state index in [-0.39, 0.29) is 16.8 Å². The lowest BCUT2D eigenvalue weighted by atomic mass is 10.1. The average Bonchev–Trinajstić information content (AvgIpc) is 2.42. The van der Waals surface area contributed by atoms with Crippen LogP contribution in [0.2, 0.25) is 0 Å². The molecular formula is C14H9F2NO3. The Labute approximate surface area is 112 Å². The predicted molar refractivity (Wildman–Crippen MR) is 67.7 cm³/mol. The van der Waals surface area contributed by atoms with Gasteiger partial charge in [-0.05, 0) is 30.3 Å². The molecule has 6 heteroatoms. The minimum absolute atomic E-state index is 0.0785. The first-order valence-corrected chi connectivity index (χ1v) is 5.58. The summed E-state index contributed by atoms with van der Waals surface area (Å²) in [7, 11) is 0. The van der Waals surface area contributed by atoms with Gasteiger partial charge in [-0.25, -0.2) is 13.6 Å². The molecule has 0 fully saturated rings. The van der Waals surface area contributed by atoms with Crippen LogP contribution in [0.4, 0.5) is 14.5 Å². The molecule has 0 radical (unpaired) electrons. The number of carbonyl (C=O) groups excluding carboxylic acids is 1. The Morgan fingerprint density at radius 1 is 1.00 bits per heavy atom. The Balaban J connectivity index is 2.28. The Morgan fingerprint density at radius 3 is 2.35 bits per heavy atom. The van der Waals surface area contributed by atoms with Crippen molar-refractivity contribution in [1.29, 1.82) is 0 Å². The first kappa shape index (κ1) is 13.7. The average molecular weight is 277 g/mol. The SMILES string of the molecule is O=C(Nc1ccccc1C(=O)O)c1ccc(F)c(F)c1. The van der Waals surface area contributed by atoms with E-state index in [4.69, 9.17) is 5.11 Å². The Bertz CT molecular complexity index is 686. The lowest BCUT2D eigenvalue weighted by Crippen LogP contribution is -2.15. The van der Waals surface area contributed by atoms with Crippen molar-refractivity contribution in [3.8, 4) is 0 Å². The van der Waals surface area contributed by atoms with E-state index in [1.165, 1.54) is 18.2 Å². The number of aromatic carboxylic acids is 1. The molecule has 2 N–H and O–H groups in total. The summed E-state index contributed by atoms with van der Waals surface area (Å²) in [4.78, 5) is 22.8. The summed E-state index contributed by atoms with van der Waals surface area (Å²) in [5.41, 5.74) is -0.123. The van der Waals surface area contributed by atoms with Crippen molar-refractivity contribution in [3.63, 3.8) is 0 Å². The van der Waals surface area contributed by atoms with Crippen LogP contribution in [0.5, 0.6) is 0 Å². The van der Waals surface area contributed by atoms with Gasteiger partial charge in [-0.1, -0.05) is 12.1 Å². The standard InChI is InChI=1S/C14H9F2NO3/c15-10-6-5-8(7-11(10)16)13(18)17-12-4-2-1-3-9(12)14(19)20/h1-7H,(H,17,18)(H,19,20). The van der Waals surface area contributed by atoms with Gasteiger partial charge in [0, 0.05) is 5.56 Å². The number of carboxylic acids is 1. The third-order valence-corrected chi connectivity index (χ3v) is 2.59. The third-order valence-electron chi connectivity index (χ3n) is 2.59. The molecule has 0 atom stereocenters. The molecule has 2 aromatic carbocycles. The number of nitrogens with one attached hydrogen (secondary N) is 1. The fourth-order valence-electron chi connectivity index (χ4n) is 1.61. The maximum atomic E-state index is 13.0. The predicted octanol–water partition coefficient (Wildman–Crippen LogP) is 2.92. The summed E-state index contributed by atoms with van der Waals surface area (Å²) in [6, 6.07) is 8.47. The van der Waals surface area contributed by atoms with Gasteiger partial charge in [0.25, 0.3) is 5.91 Å². The maximum Gasteiger partial charge on any atom is 0.337 e. The highest BCUT2D eigenvalue weighted by Gasteiger charge is 2.14. The normalized spacial score (nSPS) is 10.1. The van der Waals surface area contributed by atoms with E-state index in [1.54, 1.807) is 6.07 Å². The topological polar surface area (TPSA) is 66.4 Å². The van der Waals surface area contributed by atoms with Gasteiger partial charge in [0.2, 0.25) is 0 Å². The van der Waals surface area contributed by atoms with Crippen LogP contribution in [0.1, 0.15) is 20.7 Å². The summed E-state index contributed by atoms with van der Waals surface area (Å²) in [6.07, 6.45) is 0. The van der Waals surface area contributed by atoms with Gasteiger partial charge >= 0.3 is 5.97 Å². The Hall–Kier alpha value is -2.76. The van der Waals surface area contributed by atoms with Crippen LogP contribution in [0.25, 0.3) is 0 Å². The summed E-state index contributed by atoms with van der Waals surface area (Å²) < 4.78 is 25.8. The molecular weight excluding hydrogens is 268 g/mol. The molecule has 0 aromatic heterocycles. The van der Waals surface area contributed by atoms with Crippen LogP contribution >= 0.6 is 0 Å². The van der Waals surface area contributed by atoms with Crippen LogP contribution in [0, 0.1) is 11.6 Å². The van der Waals surface area contributed by atoms with Crippen LogP contribution in [0.15, 0.2) is 42.5 Å². The second kappa shape index (κ2) is 5.48. The quantitative estimate of drug-likeness (QED) is 0.906. The minimum atomic E-state index is -1.20. The molecule has 0 bridgehead atoms. The van der Waals surface area contributed by atoms with Crippen molar-refractivity contribution < 1.29 is 23.5 Å². The first-order chi connectivity index (χ1) is 9.49. The van der Waals surface area contributed by atoms with Crippen molar-refractivity contribution in [3.05, 3.63) is 65.2 Å². The molecule has 2 rings (SSSR count). The maximum absolute atomic E-state index is 13.0. The van der Waals surface area contributed by atoms with Crippen molar-refractivity contribution in [1.82, 2.24) is 0 Å². The molecule has 4 nitrogen and oxygen atoms in total. The highest BCUT2D eigenvalue weighted by molar-refractivity contribution is 6.07. The van der Waals surface area contributed by atoms with E-state index in [2.05, 4.69) is 5.32 Å². The van der Waals surface area contributed by atoms with Gasteiger partial charge in [0.1, 0.15) is 0 Å². The van der Waals surface area contributed by atoms with Crippen LogP contribution in [0.3, 0.4) is 0 Å². The second-order valence-electron chi connectivity index (χ2n) is 3.93. The summed E-state index contributed by atoms with van der Waals surface area (Å²) in [5.74, 6) is -4.14. The molecule has 2 aromatic rings. The number of anilines is 1. The fraction of sp³-hybridized carbons (Fsp3) is 0. The van der Waals surface area contributed by atoms with Gasteiger partial charge in [-0.15, -0.1) is 0 Å². The molecule has 102 valence electrons. The van der Waals surface area contributed by atoms with E-state index in [0.29, 0.717) is 0 Å². The zero-order chi connectivity index (χ0) is 14.7. The van der Waals surface area contributed by atoms with Crippen molar-refractivity contribution in [2.45, 2.75) is 0 Å². The Morgan fingerprint density at radius 2 is 1.70 bits per heavy atom. The number of carbonyl (C=O) groups is 2. The molecule has 0 saturated heterocycles. The minimum Gasteiger partial charge on any atom is -0.478 e. The summed E-state index contributed by atoms with van der Waals surface area (Å²) in [5, 5.41) is 11.3. The van der Waals surface area contributed by atoms with Gasteiger partial charge in [0.15, 0.2) is 11.6 Å². The van der Waals surface area contributed by atoms with Crippen LogP contribution in [-0.4, -0.2) is 17.0 Å². The summed E-state index contributed by atoms with van der Waals surface area (Å²) >= 11 is 0. The third kappa shape index (κ3) is 2.80.